The summed E-state index contributed by atoms with van der Waals surface area (Å²) in [5, 5.41) is 2.34. The molecule has 4 nitrogen and oxygen atoms in total. The fourth-order valence-corrected chi connectivity index (χ4v) is 2.98. The molecule has 3 rings (SSSR count). The molecule has 2 aromatic rings. The van der Waals surface area contributed by atoms with Gasteiger partial charge in [-0.15, -0.1) is 0 Å². The first kappa shape index (κ1) is 17.4. The standard InChI is InChI=1S/C19H21F2N3O/c1-14-4-2-5-15(12-14)13-23-8-10-24(11-9-23)19(25)22-18-16(20)6-3-7-17(18)21/h2-7,12H,8-11,13H2,1H3,(H,22,25). The third-order valence-electron chi connectivity index (χ3n) is 4.34. The second-order valence-corrected chi connectivity index (χ2v) is 6.28. The predicted octanol–water partition coefficient (Wildman–Crippen LogP) is 3.62. The lowest BCUT2D eigenvalue weighted by atomic mass is 10.1. The molecule has 0 unspecified atom stereocenters. The van der Waals surface area contributed by atoms with Crippen LogP contribution in [0.25, 0.3) is 0 Å². The van der Waals surface area contributed by atoms with Crippen LogP contribution in [0.1, 0.15) is 11.1 Å². The van der Waals surface area contributed by atoms with Crippen LogP contribution in [-0.4, -0.2) is 42.0 Å². The third kappa shape index (κ3) is 4.33. The predicted molar refractivity (Wildman–Crippen MR) is 93.4 cm³/mol. The molecule has 0 radical (unpaired) electrons. The number of piperazine rings is 1. The Bertz CT molecular complexity index is 738. The lowest BCUT2D eigenvalue weighted by Gasteiger charge is -2.34. The van der Waals surface area contributed by atoms with Gasteiger partial charge in [0, 0.05) is 32.7 Å². The summed E-state index contributed by atoms with van der Waals surface area (Å²) < 4.78 is 27.3. The second kappa shape index (κ2) is 7.61. The van der Waals surface area contributed by atoms with E-state index in [2.05, 4.69) is 35.3 Å². The van der Waals surface area contributed by atoms with E-state index >= 15 is 0 Å². The topological polar surface area (TPSA) is 35.6 Å². The molecule has 1 aliphatic heterocycles. The van der Waals surface area contributed by atoms with E-state index in [-0.39, 0.29) is 0 Å². The van der Waals surface area contributed by atoms with Gasteiger partial charge in [0.25, 0.3) is 0 Å². The molecule has 1 fully saturated rings. The highest BCUT2D eigenvalue weighted by molar-refractivity contribution is 5.89. The van der Waals surface area contributed by atoms with Gasteiger partial charge in [-0.1, -0.05) is 35.9 Å². The Morgan fingerprint density at radius 3 is 2.32 bits per heavy atom. The van der Waals surface area contributed by atoms with Gasteiger partial charge in [-0.25, -0.2) is 13.6 Å². The minimum Gasteiger partial charge on any atom is -0.322 e. The average Bonchev–Trinajstić information content (AvgIpc) is 2.59. The highest BCUT2D eigenvalue weighted by Crippen LogP contribution is 2.19. The van der Waals surface area contributed by atoms with Crippen LogP contribution in [-0.2, 0) is 6.54 Å². The number of hydrogen-bond donors (Lipinski definition) is 1. The summed E-state index contributed by atoms with van der Waals surface area (Å²) in [6.45, 7) is 5.39. The molecule has 2 aromatic carbocycles. The fraction of sp³-hybridized carbons (Fsp3) is 0.316. The molecule has 6 heteroatoms. The molecule has 0 atom stereocenters. The van der Waals surface area contributed by atoms with E-state index in [1.807, 2.05) is 6.07 Å². The highest BCUT2D eigenvalue weighted by atomic mass is 19.1. The van der Waals surface area contributed by atoms with Crippen LogP contribution < -0.4 is 5.32 Å². The highest BCUT2D eigenvalue weighted by Gasteiger charge is 2.22. The summed E-state index contributed by atoms with van der Waals surface area (Å²) in [7, 11) is 0. The normalized spacial score (nSPS) is 15.2. The van der Waals surface area contributed by atoms with Crippen molar-refractivity contribution in [2.75, 3.05) is 31.5 Å². The zero-order chi connectivity index (χ0) is 17.8. The van der Waals surface area contributed by atoms with Gasteiger partial charge in [0.1, 0.15) is 17.3 Å². The van der Waals surface area contributed by atoms with Crippen LogP contribution in [0.15, 0.2) is 42.5 Å². The number of para-hydroxylation sites is 1. The minimum absolute atomic E-state index is 0.394. The number of aryl methyl sites for hydroxylation is 1. The monoisotopic (exact) mass is 345 g/mol. The van der Waals surface area contributed by atoms with Gasteiger partial charge < -0.3 is 10.2 Å². The molecule has 0 saturated carbocycles. The lowest BCUT2D eigenvalue weighted by molar-refractivity contribution is 0.143. The maximum absolute atomic E-state index is 13.6. The Morgan fingerprint density at radius 1 is 1.04 bits per heavy atom. The Hall–Kier alpha value is -2.47. The third-order valence-corrected chi connectivity index (χ3v) is 4.34. The largest absolute Gasteiger partial charge is 0.322 e. The Balaban J connectivity index is 1.54. The first-order chi connectivity index (χ1) is 12.0. The zero-order valence-corrected chi connectivity index (χ0v) is 14.1. The number of carbonyl (C=O) groups is 1. The number of nitrogens with zero attached hydrogens (tertiary/aromatic N) is 2. The fourth-order valence-electron chi connectivity index (χ4n) is 2.98. The van der Waals surface area contributed by atoms with Crippen molar-refractivity contribution in [3.63, 3.8) is 0 Å². The molecule has 0 spiro atoms. The molecule has 132 valence electrons. The Kier molecular flexibility index (Phi) is 5.28. The Morgan fingerprint density at radius 2 is 1.68 bits per heavy atom. The van der Waals surface area contributed by atoms with E-state index in [9.17, 15) is 13.6 Å². The van der Waals surface area contributed by atoms with Gasteiger partial charge in [-0.2, -0.15) is 0 Å². The second-order valence-electron chi connectivity index (χ2n) is 6.28. The van der Waals surface area contributed by atoms with Gasteiger partial charge in [0.15, 0.2) is 0 Å². The molecule has 1 heterocycles. The van der Waals surface area contributed by atoms with Gasteiger partial charge >= 0.3 is 6.03 Å². The molecule has 1 N–H and O–H groups in total. The summed E-state index contributed by atoms with van der Waals surface area (Å²) in [6, 6.07) is 11.4. The number of nitrogens with one attached hydrogen (secondary N) is 1. The summed E-state index contributed by atoms with van der Waals surface area (Å²) >= 11 is 0. The molecule has 0 bridgehead atoms. The van der Waals surface area contributed by atoms with E-state index in [4.69, 9.17) is 0 Å². The number of anilines is 1. The maximum Gasteiger partial charge on any atom is 0.322 e. The first-order valence-electron chi connectivity index (χ1n) is 8.31. The van der Waals surface area contributed by atoms with E-state index in [1.165, 1.54) is 17.2 Å². The summed E-state index contributed by atoms with van der Waals surface area (Å²) in [5.41, 5.74) is 2.07. The van der Waals surface area contributed by atoms with E-state index < -0.39 is 23.4 Å². The van der Waals surface area contributed by atoms with E-state index in [0.717, 1.165) is 31.8 Å². The molecule has 25 heavy (non-hydrogen) atoms. The van der Waals surface area contributed by atoms with Crippen molar-refractivity contribution in [3.8, 4) is 0 Å². The number of carbonyl (C=O) groups excluding carboxylic acids is 1. The number of urea groups is 1. The van der Waals surface area contributed by atoms with E-state index in [0.29, 0.717) is 13.1 Å². The van der Waals surface area contributed by atoms with Gasteiger partial charge in [-0.3, -0.25) is 4.90 Å². The van der Waals surface area contributed by atoms with Gasteiger partial charge in [-0.05, 0) is 24.6 Å². The van der Waals surface area contributed by atoms with Crippen LogP contribution >= 0.6 is 0 Å². The maximum atomic E-state index is 13.6. The number of amides is 2. The Labute approximate surface area is 146 Å². The molecular formula is C19H21F2N3O. The number of hydrogen-bond acceptors (Lipinski definition) is 2. The molecule has 0 aliphatic carbocycles. The van der Waals surface area contributed by atoms with Crippen molar-refractivity contribution < 1.29 is 13.6 Å². The number of halogens is 2. The van der Waals surface area contributed by atoms with Gasteiger partial charge in [0.05, 0.1) is 0 Å². The van der Waals surface area contributed by atoms with Gasteiger partial charge in [0.2, 0.25) is 0 Å². The molecular weight excluding hydrogens is 324 g/mol. The number of benzene rings is 2. The van der Waals surface area contributed by atoms with Crippen LogP contribution in [0.4, 0.5) is 19.3 Å². The molecule has 1 saturated heterocycles. The zero-order valence-electron chi connectivity index (χ0n) is 14.1. The summed E-state index contributed by atoms with van der Waals surface area (Å²) in [4.78, 5) is 16.1. The van der Waals surface area contributed by atoms with Crippen molar-refractivity contribution in [1.82, 2.24) is 9.80 Å². The van der Waals surface area contributed by atoms with E-state index in [1.54, 1.807) is 4.90 Å². The van der Waals surface area contributed by atoms with Crippen molar-refractivity contribution in [2.45, 2.75) is 13.5 Å². The van der Waals surface area contributed by atoms with Crippen LogP contribution in [0.3, 0.4) is 0 Å². The van der Waals surface area contributed by atoms with Crippen LogP contribution in [0.2, 0.25) is 0 Å². The molecule has 1 aliphatic rings. The SMILES string of the molecule is Cc1cccc(CN2CCN(C(=O)Nc3c(F)cccc3F)CC2)c1. The van der Waals surface area contributed by atoms with Crippen molar-refractivity contribution >= 4 is 11.7 Å². The lowest BCUT2D eigenvalue weighted by Crippen LogP contribution is -2.49. The van der Waals surface area contributed by atoms with Crippen LogP contribution in [0.5, 0.6) is 0 Å². The number of rotatable bonds is 3. The minimum atomic E-state index is -0.772. The van der Waals surface area contributed by atoms with Crippen molar-refractivity contribution in [3.05, 3.63) is 65.2 Å². The van der Waals surface area contributed by atoms with Crippen molar-refractivity contribution in [1.29, 1.82) is 0 Å². The summed E-state index contributed by atoms with van der Waals surface area (Å²) in [6.07, 6.45) is 0. The molecule has 0 aromatic heterocycles. The quantitative estimate of drug-likeness (QED) is 0.922. The smallest absolute Gasteiger partial charge is 0.322 e. The summed E-state index contributed by atoms with van der Waals surface area (Å²) in [5.74, 6) is -1.54. The van der Waals surface area contributed by atoms with Crippen molar-refractivity contribution in [2.24, 2.45) is 0 Å². The molecule has 2 amide bonds. The van der Waals surface area contributed by atoms with Crippen LogP contribution in [0, 0.1) is 18.6 Å². The first-order valence-corrected chi connectivity index (χ1v) is 8.31. The average molecular weight is 345 g/mol.